The molecule has 0 aliphatic rings. The molecular weight excluding hydrogens is 823 g/mol. The zero-order valence-corrected chi connectivity index (χ0v) is 20.7. The molecule has 0 aliphatic heterocycles. The van der Waals surface area contributed by atoms with E-state index in [1.807, 2.05) is 19.1 Å². The molecule has 0 aliphatic carbocycles. The van der Waals surface area contributed by atoms with Gasteiger partial charge in [-0.25, -0.2) is 0 Å². The van der Waals surface area contributed by atoms with E-state index in [1.165, 1.54) is 0 Å². The van der Waals surface area contributed by atoms with E-state index in [1.54, 1.807) is 0 Å². The molecule has 0 bridgehead atoms. The quantitative estimate of drug-likeness (QED) is 0.342. The molecule has 2 N–H and O–H groups in total. The Balaban J connectivity index is 2.90. The summed E-state index contributed by atoms with van der Waals surface area (Å²) in [6.07, 6.45) is 0. The van der Waals surface area contributed by atoms with Crippen LogP contribution in [0.2, 0.25) is 0 Å². The third-order valence-electron chi connectivity index (χ3n) is 2.79. The van der Waals surface area contributed by atoms with Crippen molar-refractivity contribution in [2.45, 2.75) is 6.92 Å². The van der Waals surface area contributed by atoms with Gasteiger partial charge in [-0.05, 0) is 138 Å². The topological polar surface area (TPSA) is 40.5 Å². The van der Waals surface area contributed by atoms with Crippen LogP contribution in [-0.4, -0.2) is 10.2 Å². The van der Waals surface area contributed by atoms with Crippen LogP contribution < -0.4 is 0 Å². The molecule has 106 valence electrons. The molecule has 0 amide bonds. The van der Waals surface area contributed by atoms with E-state index in [2.05, 4.69) is 113 Å². The monoisotopic (exact) mass is 830 g/mol. The first-order valence-electron chi connectivity index (χ1n) is 5.30. The fourth-order valence-corrected chi connectivity index (χ4v) is 7.99. The van der Waals surface area contributed by atoms with Gasteiger partial charge in [-0.15, -0.1) is 0 Å². The summed E-state index contributed by atoms with van der Waals surface area (Å²) in [6.45, 7) is 2.03. The summed E-state index contributed by atoms with van der Waals surface area (Å²) < 4.78 is 4.38. The Morgan fingerprint density at radius 3 is 1.70 bits per heavy atom. The lowest BCUT2D eigenvalue weighted by atomic mass is 10.00. The molecular formula is C13H7I5O2. The molecule has 2 nitrogen and oxygen atoms in total. The largest absolute Gasteiger partial charge is 0.506 e. The Bertz CT molecular complexity index is 651. The van der Waals surface area contributed by atoms with Crippen LogP contribution in [0.1, 0.15) is 5.56 Å². The van der Waals surface area contributed by atoms with Crippen LogP contribution >= 0.6 is 113 Å². The smallest absolute Gasteiger partial charge is 0.142 e. The molecule has 0 heterocycles. The Kier molecular flexibility index (Phi) is 6.37. The number of phenolic OH excluding ortho intramolecular Hbond substituents is 2. The minimum atomic E-state index is 0.301. The predicted octanol–water partition coefficient (Wildman–Crippen LogP) is 6.10. The summed E-state index contributed by atoms with van der Waals surface area (Å²) in [4.78, 5) is 0. The van der Waals surface area contributed by atoms with Crippen LogP contribution in [0.4, 0.5) is 0 Å². The van der Waals surface area contributed by atoms with E-state index in [0.717, 1.165) is 34.5 Å². The molecule has 20 heavy (non-hydrogen) atoms. The molecule has 0 fully saturated rings. The second-order valence-corrected chi connectivity index (χ2v) is 9.73. The van der Waals surface area contributed by atoms with Gasteiger partial charge in [-0.3, -0.25) is 0 Å². The molecule has 0 aromatic heterocycles. The van der Waals surface area contributed by atoms with Crippen LogP contribution in [0, 0.1) is 24.8 Å². The van der Waals surface area contributed by atoms with Gasteiger partial charge in [0.2, 0.25) is 0 Å². The van der Waals surface area contributed by atoms with Crippen LogP contribution in [0.15, 0.2) is 12.1 Å². The normalized spacial score (nSPS) is 10.9. The van der Waals surface area contributed by atoms with Gasteiger partial charge in [0.1, 0.15) is 11.5 Å². The first-order valence-corrected chi connectivity index (χ1v) is 10.7. The van der Waals surface area contributed by atoms with Gasteiger partial charge >= 0.3 is 0 Å². The molecule has 2 rings (SSSR count). The summed E-state index contributed by atoms with van der Waals surface area (Å²) in [5.74, 6) is 0.603. The molecule has 0 saturated heterocycles. The van der Waals surface area contributed by atoms with Crippen LogP contribution in [0.5, 0.6) is 11.5 Å². The van der Waals surface area contributed by atoms with Gasteiger partial charge in [0, 0.05) is 14.7 Å². The lowest BCUT2D eigenvalue weighted by Crippen LogP contribution is -1.97. The van der Waals surface area contributed by atoms with Crippen molar-refractivity contribution < 1.29 is 10.2 Å². The van der Waals surface area contributed by atoms with E-state index in [9.17, 15) is 10.2 Å². The SMILES string of the molecule is Cc1cc(I)c(O)c(I)c1-c1c(I)cc(I)c(O)c1I. The molecule has 7 heteroatoms. The summed E-state index contributed by atoms with van der Waals surface area (Å²) in [5.41, 5.74) is 3.06. The van der Waals surface area contributed by atoms with Crippen molar-refractivity contribution in [3.8, 4) is 22.6 Å². The maximum atomic E-state index is 10.2. The maximum absolute atomic E-state index is 10.2. The highest BCUT2D eigenvalue weighted by Crippen LogP contribution is 2.44. The van der Waals surface area contributed by atoms with Gasteiger partial charge in [-0.1, -0.05) is 0 Å². The second kappa shape index (κ2) is 7.07. The Labute approximate surface area is 185 Å². The number of hydrogen-bond donors (Lipinski definition) is 2. The molecule has 0 saturated carbocycles. The molecule has 2 aromatic carbocycles. The highest BCUT2D eigenvalue weighted by Gasteiger charge is 2.21. The highest BCUT2D eigenvalue weighted by molar-refractivity contribution is 14.1. The van der Waals surface area contributed by atoms with Crippen LogP contribution in [-0.2, 0) is 0 Å². The summed E-state index contributed by atoms with van der Waals surface area (Å²) in [7, 11) is 0. The third kappa shape index (κ3) is 3.29. The lowest BCUT2D eigenvalue weighted by molar-refractivity contribution is 0.466. The van der Waals surface area contributed by atoms with Gasteiger partial charge in [0.15, 0.2) is 0 Å². The minimum absolute atomic E-state index is 0.301. The number of phenols is 2. The summed E-state index contributed by atoms with van der Waals surface area (Å²) in [6, 6.07) is 3.92. The lowest BCUT2D eigenvalue weighted by Gasteiger charge is -2.16. The van der Waals surface area contributed by atoms with Crippen molar-refractivity contribution in [3.63, 3.8) is 0 Å². The van der Waals surface area contributed by atoms with E-state index >= 15 is 0 Å². The second-order valence-electron chi connectivity index (χ2n) is 4.09. The number of aryl methyl sites for hydroxylation is 1. The van der Waals surface area contributed by atoms with E-state index in [0.29, 0.717) is 11.5 Å². The first kappa shape index (κ1) is 18.0. The number of halogens is 5. The highest BCUT2D eigenvalue weighted by atomic mass is 127. The van der Waals surface area contributed by atoms with Crippen LogP contribution in [0.25, 0.3) is 11.1 Å². The van der Waals surface area contributed by atoms with Gasteiger partial charge in [0.25, 0.3) is 0 Å². The molecule has 0 atom stereocenters. The predicted molar refractivity (Wildman–Crippen MR) is 124 cm³/mol. The fourth-order valence-electron chi connectivity index (χ4n) is 1.84. The van der Waals surface area contributed by atoms with Crippen molar-refractivity contribution in [3.05, 3.63) is 35.5 Å². The van der Waals surface area contributed by atoms with Gasteiger partial charge in [-0.2, -0.15) is 0 Å². The average molecular weight is 830 g/mol. The van der Waals surface area contributed by atoms with Gasteiger partial charge < -0.3 is 10.2 Å². The molecule has 2 aromatic rings. The van der Waals surface area contributed by atoms with Crippen molar-refractivity contribution in [2.24, 2.45) is 0 Å². The zero-order chi connectivity index (χ0) is 15.2. The van der Waals surface area contributed by atoms with Crippen molar-refractivity contribution in [1.29, 1.82) is 0 Å². The third-order valence-corrected chi connectivity index (χ3v) is 7.38. The molecule has 0 spiro atoms. The Hall–Kier alpha value is 1.69. The molecule has 0 unspecified atom stereocenters. The zero-order valence-electron chi connectivity index (χ0n) is 9.94. The van der Waals surface area contributed by atoms with Gasteiger partial charge in [0.05, 0.1) is 14.3 Å². The van der Waals surface area contributed by atoms with Crippen molar-refractivity contribution in [1.82, 2.24) is 0 Å². The van der Waals surface area contributed by atoms with Crippen molar-refractivity contribution >= 4 is 113 Å². The number of benzene rings is 2. The Morgan fingerprint density at radius 1 is 0.700 bits per heavy atom. The molecule has 0 radical (unpaired) electrons. The maximum Gasteiger partial charge on any atom is 0.142 e. The summed E-state index contributed by atoms with van der Waals surface area (Å²) >= 11 is 10.9. The fraction of sp³-hybridized carbons (Fsp3) is 0.0769. The first-order chi connectivity index (χ1) is 9.25. The standard InChI is InChI=1S/C13H7I5O2/c1-4-2-6(15)12(19)10(17)8(4)9-5(14)3-7(16)13(20)11(9)18/h2-3,19-20H,1H3. The van der Waals surface area contributed by atoms with E-state index in [4.69, 9.17) is 0 Å². The van der Waals surface area contributed by atoms with Crippen molar-refractivity contribution in [2.75, 3.05) is 0 Å². The number of rotatable bonds is 1. The van der Waals surface area contributed by atoms with E-state index < -0.39 is 0 Å². The average Bonchev–Trinajstić information content (AvgIpc) is 2.37. The van der Waals surface area contributed by atoms with Crippen LogP contribution in [0.3, 0.4) is 0 Å². The summed E-state index contributed by atoms with van der Waals surface area (Å²) in [5, 5.41) is 20.4. The number of hydrogen-bond acceptors (Lipinski definition) is 2. The number of aromatic hydroxyl groups is 2. The Morgan fingerprint density at radius 2 is 1.15 bits per heavy atom. The minimum Gasteiger partial charge on any atom is -0.506 e. The van der Waals surface area contributed by atoms with E-state index in [-0.39, 0.29) is 0 Å².